The molecule has 0 aliphatic heterocycles. The lowest BCUT2D eigenvalue weighted by Gasteiger charge is -2.46. The first-order valence-corrected chi connectivity index (χ1v) is 6.09. The van der Waals surface area contributed by atoms with Gasteiger partial charge in [0, 0.05) is 18.1 Å². The second-order valence-electron chi connectivity index (χ2n) is 5.54. The number of nitrogens with zero attached hydrogens (tertiary/aromatic N) is 1. The summed E-state index contributed by atoms with van der Waals surface area (Å²) in [4.78, 5) is 2.56. The van der Waals surface area contributed by atoms with Crippen LogP contribution in [-0.2, 0) is 0 Å². The summed E-state index contributed by atoms with van der Waals surface area (Å²) in [5, 5.41) is 0. The van der Waals surface area contributed by atoms with Gasteiger partial charge in [-0.25, -0.2) is 0 Å². The molecule has 2 fully saturated rings. The molecular weight excluding hydrogens is 172 g/mol. The summed E-state index contributed by atoms with van der Waals surface area (Å²) in [7, 11) is 2.28. The maximum Gasteiger partial charge on any atom is 0.0306 e. The monoisotopic (exact) mass is 196 g/mol. The van der Waals surface area contributed by atoms with Gasteiger partial charge < -0.3 is 5.73 Å². The van der Waals surface area contributed by atoms with Crippen LogP contribution in [0.2, 0.25) is 0 Å². The highest BCUT2D eigenvalue weighted by Crippen LogP contribution is 2.40. The number of likely N-dealkylation sites (N-methyl/N-ethyl adjacent to an activating group) is 1. The maximum atomic E-state index is 5.96. The SMILES string of the molecule is CN(C1CCC1)C(C)(CN)CC1CC1. The maximum absolute atomic E-state index is 5.96. The predicted octanol–water partition coefficient (Wildman–Crippen LogP) is 1.99. The first-order chi connectivity index (χ1) is 6.65. The van der Waals surface area contributed by atoms with Gasteiger partial charge in [0.05, 0.1) is 0 Å². The Morgan fingerprint density at radius 1 is 1.29 bits per heavy atom. The van der Waals surface area contributed by atoms with Gasteiger partial charge in [0.25, 0.3) is 0 Å². The third kappa shape index (κ3) is 1.96. The molecule has 82 valence electrons. The molecule has 0 heterocycles. The summed E-state index contributed by atoms with van der Waals surface area (Å²) in [6, 6.07) is 0.822. The molecule has 14 heavy (non-hydrogen) atoms. The minimum atomic E-state index is 0.270. The average Bonchev–Trinajstić information content (AvgIpc) is 2.85. The van der Waals surface area contributed by atoms with Gasteiger partial charge in [-0.2, -0.15) is 0 Å². The van der Waals surface area contributed by atoms with Gasteiger partial charge in [0.2, 0.25) is 0 Å². The summed E-state index contributed by atoms with van der Waals surface area (Å²) in [5.74, 6) is 0.978. The smallest absolute Gasteiger partial charge is 0.0306 e. The van der Waals surface area contributed by atoms with Crippen molar-refractivity contribution in [3.8, 4) is 0 Å². The van der Waals surface area contributed by atoms with E-state index in [9.17, 15) is 0 Å². The molecule has 0 aromatic carbocycles. The highest BCUT2D eigenvalue weighted by Gasteiger charge is 2.39. The minimum Gasteiger partial charge on any atom is -0.329 e. The Balaban J connectivity index is 1.93. The molecule has 0 aromatic heterocycles. The second-order valence-corrected chi connectivity index (χ2v) is 5.54. The average molecular weight is 196 g/mol. The zero-order chi connectivity index (χ0) is 10.2. The molecule has 1 unspecified atom stereocenters. The Labute approximate surface area is 87.8 Å². The van der Waals surface area contributed by atoms with E-state index in [1.165, 1.54) is 38.5 Å². The summed E-state index contributed by atoms with van der Waals surface area (Å²) >= 11 is 0. The minimum absolute atomic E-state index is 0.270. The topological polar surface area (TPSA) is 29.3 Å². The quantitative estimate of drug-likeness (QED) is 0.728. The fourth-order valence-electron chi connectivity index (χ4n) is 2.53. The van der Waals surface area contributed by atoms with Crippen molar-refractivity contribution in [2.45, 2.75) is 57.0 Å². The molecule has 2 heteroatoms. The molecule has 2 saturated carbocycles. The molecule has 2 aliphatic carbocycles. The van der Waals surface area contributed by atoms with Gasteiger partial charge in [0.1, 0.15) is 0 Å². The zero-order valence-corrected chi connectivity index (χ0v) is 9.63. The zero-order valence-electron chi connectivity index (χ0n) is 9.63. The molecule has 0 aromatic rings. The molecule has 0 bridgehead atoms. The number of hydrogen-bond acceptors (Lipinski definition) is 2. The van der Waals surface area contributed by atoms with Crippen LogP contribution in [-0.4, -0.2) is 30.1 Å². The van der Waals surface area contributed by atoms with Gasteiger partial charge in [-0.15, -0.1) is 0 Å². The fourth-order valence-corrected chi connectivity index (χ4v) is 2.53. The van der Waals surface area contributed by atoms with Crippen molar-refractivity contribution in [1.82, 2.24) is 4.90 Å². The van der Waals surface area contributed by atoms with Crippen molar-refractivity contribution in [1.29, 1.82) is 0 Å². The van der Waals surface area contributed by atoms with Crippen molar-refractivity contribution in [3.63, 3.8) is 0 Å². The van der Waals surface area contributed by atoms with E-state index in [1.54, 1.807) is 0 Å². The normalized spacial score (nSPS) is 27.4. The number of nitrogens with two attached hydrogens (primary N) is 1. The van der Waals surface area contributed by atoms with Crippen LogP contribution in [0.3, 0.4) is 0 Å². The van der Waals surface area contributed by atoms with Crippen molar-refractivity contribution < 1.29 is 0 Å². The third-order valence-electron chi connectivity index (χ3n) is 4.34. The Bertz CT molecular complexity index is 196. The summed E-state index contributed by atoms with van der Waals surface area (Å²) in [6.45, 7) is 3.17. The summed E-state index contributed by atoms with van der Waals surface area (Å²) in [6.07, 6.45) is 8.38. The van der Waals surface area contributed by atoms with Crippen molar-refractivity contribution >= 4 is 0 Å². The summed E-state index contributed by atoms with van der Waals surface area (Å²) < 4.78 is 0. The molecule has 2 rings (SSSR count). The highest BCUT2D eigenvalue weighted by molar-refractivity contribution is 4.95. The molecular formula is C12H24N2. The Morgan fingerprint density at radius 2 is 1.93 bits per heavy atom. The lowest BCUT2D eigenvalue weighted by atomic mass is 9.85. The number of hydrogen-bond donors (Lipinski definition) is 1. The van der Waals surface area contributed by atoms with E-state index in [1.807, 2.05) is 0 Å². The van der Waals surface area contributed by atoms with Crippen LogP contribution >= 0.6 is 0 Å². The number of rotatable bonds is 5. The van der Waals surface area contributed by atoms with E-state index in [-0.39, 0.29) is 5.54 Å². The van der Waals surface area contributed by atoms with Gasteiger partial charge in [-0.1, -0.05) is 19.3 Å². The van der Waals surface area contributed by atoms with E-state index in [0.717, 1.165) is 18.5 Å². The largest absolute Gasteiger partial charge is 0.329 e. The highest BCUT2D eigenvalue weighted by atomic mass is 15.2. The van der Waals surface area contributed by atoms with Crippen LogP contribution < -0.4 is 5.73 Å². The third-order valence-corrected chi connectivity index (χ3v) is 4.34. The van der Waals surface area contributed by atoms with E-state index in [2.05, 4.69) is 18.9 Å². The van der Waals surface area contributed by atoms with E-state index in [0.29, 0.717) is 0 Å². The van der Waals surface area contributed by atoms with Crippen LogP contribution in [0.5, 0.6) is 0 Å². The first-order valence-electron chi connectivity index (χ1n) is 6.09. The Kier molecular flexibility index (Phi) is 2.85. The lowest BCUT2D eigenvalue weighted by molar-refractivity contribution is 0.0404. The first kappa shape index (κ1) is 10.4. The van der Waals surface area contributed by atoms with Gasteiger partial charge in [0.15, 0.2) is 0 Å². The molecule has 0 spiro atoms. The fraction of sp³-hybridized carbons (Fsp3) is 1.00. The molecule has 2 N–H and O–H groups in total. The lowest BCUT2D eigenvalue weighted by Crippen LogP contribution is -2.56. The molecule has 0 saturated heterocycles. The van der Waals surface area contributed by atoms with E-state index in [4.69, 9.17) is 5.73 Å². The van der Waals surface area contributed by atoms with Gasteiger partial charge >= 0.3 is 0 Å². The van der Waals surface area contributed by atoms with Gasteiger partial charge in [-0.05, 0) is 39.2 Å². The van der Waals surface area contributed by atoms with E-state index >= 15 is 0 Å². The standard InChI is InChI=1S/C12H24N2/c1-12(9-13,8-10-6-7-10)14(2)11-4-3-5-11/h10-11H,3-9,13H2,1-2H3. The van der Waals surface area contributed by atoms with Crippen molar-refractivity contribution in [2.24, 2.45) is 11.7 Å². The van der Waals surface area contributed by atoms with Gasteiger partial charge in [-0.3, -0.25) is 4.90 Å². The molecule has 2 aliphatic rings. The molecule has 0 radical (unpaired) electrons. The predicted molar refractivity (Wildman–Crippen MR) is 60.2 cm³/mol. The van der Waals surface area contributed by atoms with Crippen molar-refractivity contribution in [2.75, 3.05) is 13.6 Å². The second kappa shape index (κ2) is 3.82. The molecule has 1 atom stereocenters. The molecule has 0 amide bonds. The Hall–Kier alpha value is -0.0800. The van der Waals surface area contributed by atoms with Crippen LogP contribution in [0.1, 0.15) is 45.4 Å². The van der Waals surface area contributed by atoms with Crippen LogP contribution in [0.15, 0.2) is 0 Å². The van der Waals surface area contributed by atoms with Crippen LogP contribution in [0.4, 0.5) is 0 Å². The van der Waals surface area contributed by atoms with Crippen LogP contribution in [0.25, 0.3) is 0 Å². The molecule has 2 nitrogen and oxygen atoms in total. The van der Waals surface area contributed by atoms with E-state index < -0.39 is 0 Å². The Morgan fingerprint density at radius 3 is 2.29 bits per heavy atom. The summed E-state index contributed by atoms with van der Waals surface area (Å²) in [5.41, 5.74) is 6.23. The van der Waals surface area contributed by atoms with Crippen molar-refractivity contribution in [3.05, 3.63) is 0 Å². The van der Waals surface area contributed by atoms with Crippen LogP contribution in [0, 0.1) is 5.92 Å².